The van der Waals surface area contributed by atoms with E-state index in [9.17, 15) is 14.7 Å². The molecule has 9 heteroatoms. The fourth-order valence-corrected chi connectivity index (χ4v) is 6.44. The van der Waals surface area contributed by atoms with Crippen molar-refractivity contribution >= 4 is 20.4 Å². The summed E-state index contributed by atoms with van der Waals surface area (Å²) in [4.78, 5) is 27.0. The summed E-state index contributed by atoms with van der Waals surface area (Å²) in [5, 5.41) is 10.2. The molecule has 230 valence electrons. The number of benzene rings is 3. The van der Waals surface area contributed by atoms with Gasteiger partial charge in [-0.05, 0) is 53.4 Å². The van der Waals surface area contributed by atoms with Gasteiger partial charge >= 0.3 is 12.1 Å². The number of fused-ring (bicyclic) bond motifs is 3. The third-order valence-electron chi connectivity index (χ3n) is 8.87. The summed E-state index contributed by atoms with van der Waals surface area (Å²) in [6.07, 6.45) is -0.728. The van der Waals surface area contributed by atoms with Gasteiger partial charge in [-0.15, -0.1) is 0 Å². The number of rotatable bonds is 10. The average Bonchev–Trinajstić information content (AvgIpc) is 3.27. The molecular weight excluding hydrogens is 562 g/mol. The third kappa shape index (κ3) is 6.22. The Kier molecular flexibility index (Phi) is 9.15. The lowest BCUT2D eigenvalue weighted by molar-refractivity contribution is -0.142. The van der Waals surface area contributed by atoms with Gasteiger partial charge in [-0.3, -0.25) is 4.90 Å². The number of carboxylic acids is 1. The molecule has 1 atom stereocenters. The topological polar surface area (TPSA) is 94.5 Å². The summed E-state index contributed by atoms with van der Waals surface area (Å²) in [7, 11) is 2.29. The van der Waals surface area contributed by atoms with Crippen LogP contribution in [0.25, 0.3) is 11.1 Å². The molecule has 0 aromatic heterocycles. The molecular formula is C34H43NO7Si. The first-order valence-corrected chi connectivity index (χ1v) is 17.4. The first kappa shape index (κ1) is 31.9. The number of aliphatic carboxylic acids is 1. The van der Waals surface area contributed by atoms with E-state index >= 15 is 0 Å². The van der Waals surface area contributed by atoms with Crippen molar-refractivity contribution in [3.63, 3.8) is 0 Å². The van der Waals surface area contributed by atoms with Crippen molar-refractivity contribution in [2.24, 2.45) is 0 Å². The largest absolute Gasteiger partial charge is 0.541 e. The van der Waals surface area contributed by atoms with Crippen molar-refractivity contribution in [1.29, 1.82) is 0 Å². The van der Waals surface area contributed by atoms with Crippen molar-refractivity contribution in [3.05, 3.63) is 76.9 Å². The highest BCUT2D eigenvalue weighted by atomic mass is 28.4. The quantitative estimate of drug-likeness (QED) is 0.243. The van der Waals surface area contributed by atoms with Gasteiger partial charge in [0.25, 0.3) is 8.32 Å². The van der Waals surface area contributed by atoms with Crippen LogP contribution in [-0.2, 0) is 16.0 Å². The molecule has 1 amide bonds. The Bertz CT molecular complexity index is 1470. The summed E-state index contributed by atoms with van der Waals surface area (Å²) < 4.78 is 23.8. The van der Waals surface area contributed by atoms with Crippen LogP contribution in [0.15, 0.2) is 54.6 Å². The summed E-state index contributed by atoms with van der Waals surface area (Å²) >= 11 is 0. The molecule has 0 bridgehead atoms. The van der Waals surface area contributed by atoms with Gasteiger partial charge in [0.05, 0.1) is 14.2 Å². The number of hydrogen-bond donors (Lipinski definition) is 1. The van der Waals surface area contributed by atoms with Gasteiger partial charge in [0.2, 0.25) is 0 Å². The lowest BCUT2D eigenvalue weighted by Crippen LogP contribution is -2.45. The lowest BCUT2D eigenvalue weighted by atomic mass is 9.98. The third-order valence-corrected chi connectivity index (χ3v) is 13.2. The molecule has 0 aliphatic heterocycles. The Morgan fingerprint density at radius 1 is 0.953 bits per heavy atom. The molecule has 0 saturated carbocycles. The van der Waals surface area contributed by atoms with Crippen LogP contribution in [0.4, 0.5) is 4.79 Å². The standard InChI is InChI=1S/C34H43NO7Si/c1-21-30(39-6)22(19-29(31(21)40-7)42-43(8,9)34(2,3)4)18-28(32(36)37)35(5)33(38)41-20-27-25-16-12-10-14-23(25)24-15-11-13-17-26(24)27/h10-17,19,27-28H,18,20H2,1-9H3,(H,36,37)/t28-/m0/s1. The Balaban J connectivity index is 1.59. The minimum atomic E-state index is -2.26. The van der Waals surface area contributed by atoms with Crippen molar-refractivity contribution in [3.8, 4) is 28.4 Å². The van der Waals surface area contributed by atoms with E-state index in [1.807, 2.05) is 43.3 Å². The Morgan fingerprint density at radius 2 is 1.49 bits per heavy atom. The highest BCUT2D eigenvalue weighted by Gasteiger charge is 2.40. The zero-order chi connectivity index (χ0) is 31.7. The van der Waals surface area contributed by atoms with Gasteiger partial charge in [-0.1, -0.05) is 69.3 Å². The van der Waals surface area contributed by atoms with Gasteiger partial charge in [0, 0.05) is 30.5 Å². The molecule has 43 heavy (non-hydrogen) atoms. The fourth-order valence-electron chi connectivity index (χ4n) is 5.43. The molecule has 1 aliphatic carbocycles. The van der Waals surface area contributed by atoms with Crippen molar-refractivity contribution < 1.29 is 33.3 Å². The van der Waals surface area contributed by atoms with Gasteiger partial charge in [0.1, 0.15) is 24.1 Å². The van der Waals surface area contributed by atoms with E-state index in [0.29, 0.717) is 28.4 Å². The second-order valence-corrected chi connectivity index (χ2v) is 17.3. The molecule has 0 spiro atoms. The van der Waals surface area contributed by atoms with Crippen LogP contribution in [0.5, 0.6) is 17.2 Å². The molecule has 0 heterocycles. The van der Waals surface area contributed by atoms with E-state index < -0.39 is 26.4 Å². The number of carbonyl (C=O) groups excluding carboxylic acids is 1. The van der Waals surface area contributed by atoms with Crippen molar-refractivity contribution in [1.82, 2.24) is 4.90 Å². The van der Waals surface area contributed by atoms with Gasteiger partial charge < -0.3 is 23.7 Å². The molecule has 4 rings (SSSR count). The smallest absolute Gasteiger partial charge is 0.410 e. The lowest BCUT2D eigenvalue weighted by Gasteiger charge is -2.37. The molecule has 0 fully saturated rings. The van der Waals surface area contributed by atoms with Crippen molar-refractivity contribution in [2.75, 3.05) is 27.9 Å². The van der Waals surface area contributed by atoms with Crippen molar-refractivity contribution in [2.45, 2.75) is 64.2 Å². The number of carboxylic acid groups (broad SMARTS) is 1. The Morgan fingerprint density at radius 3 is 1.98 bits per heavy atom. The normalized spacial score (nSPS) is 13.5. The number of methoxy groups -OCH3 is 2. The van der Waals surface area contributed by atoms with Crippen LogP contribution in [0.3, 0.4) is 0 Å². The van der Waals surface area contributed by atoms with Gasteiger partial charge in [-0.25, -0.2) is 9.59 Å². The summed E-state index contributed by atoms with van der Waals surface area (Å²) in [6, 6.07) is 16.7. The van der Waals surface area contributed by atoms with Gasteiger partial charge in [-0.2, -0.15) is 0 Å². The first-order valence-electron chi connectivity index (χ1n) is 14.5. The predicted octanol–water partition coefficient (Wildman–Crippen LogP) is 7.27. The average molecular weight is 606 g/mol. The number of nitrogens with zero attached hydrogens (tertiary/aromatic N) is 1. The minimum Gasteiger partial charge on any atom is -0.541 e. The molecule has 8 nitrogen and oxygen atoms in total. The first-order chi connectivity index (χ1) is 20.2. The highest BCUT2D eigenvalue weighted by Crippen LogP contribution is 2.46. The molecule has 1 N–H and O–H groups in total. The van der Waals surface area contributed by atoms with Crippen LogP contribution in [0.2, 0.25) is 18.1 Å². The van der Waals surface area contributed by atoms with Crippen LogP contribution < -0.4 is 13.9 Å². The maximum atomic E-state index is 13.3. The maximum Gasteiger partial charge on any atom is 0.410 e. The van der Waals surface area contributed by atoms with Crippen LogP contribution in [-0.4, -0.2) is 64.3 Å². The number of carbonyl (C=O) groups is 2. The van der Waals surface area contributed by atoms with E-state index in [-0.39, 0.29) is 24.0 Å². The molecule has 0 unspecified atom stereocenters. The molecule has 1 aliphatic rings. The maximum absolute atomic E-state index is 13.3. The molecule has 0 radical (unpaired) electrons. The molecule has 0 saturated heterocycles. The molecule has 3 aromatic rings. The summed E-state index contributed by atoms with van der Waals surface area (Å²) in [5.41, 5.74) is 5.70. The predicted molar refractivity (Wildman–Crippen MR) is 170 cm³/mol. The number of hydrogen-bond acceptors (Lipinski definition) is 6. The van der Waals surface area contributed by atoms with Crippen LogP contribution >= 0.6 is 0 Å². The van der Waals surface area contributed by atoms with E-state index in [1.54, 1.807) is 13.2 Å². The molecule has 3 aromatic carbocycles. The van der Waals surface area contributed by atoms with E-state index in [0.717, 1.165) is 27.2 Å². The Labute approximate surface area is 255 Å². The number of amides is 1. The van der Waals surface area contributed by atoms with Gasteiger partial charge in [0.15, 0.2) is 5.75 Å². The number of ether oxygens (including phenoxy) is 3. The highest BCUT2D eigenvalue weighted by molar-refractivity contribution is 6.74. The van der Waals surface area contributed by atoms with E-state index in [4.69, 9.17) is 18.6 Å². The zero-order valence-corrected chi connectivity index (χ0v) is 27.6. The van der Waals surface area contributed by atoms with E-state index in [1.165, 1.54) is 14.2 Å². The minimum absolute atomic E-state index is 0.0160. The summed E-state index contributed by atoms with van der Waals surface area (Å²) in [6.45, 7) is 12.7. The summed E-state index contributed by atoms with van der Waals surface area (Å²) in [5.74, 6) is 0.287. The van der Waals surface area contributed by atoms with Crippen LogP contribution in [0.1, 0.15) is 48.9 Å². The fraction of sp³-hybridized carbons (Fsp3) is 0.412. The van der Waals surface area contributed by atoms with E-state index in [2.05, 4.69) is 46.0 Å². The second kappa shape index (κ2) is 12.3. The SMILES string of the molecule is COc1c(C[C@@H](C(=O)O)N(C)C(=O)OCC2c3ccccc3-c3ccccc32)cc(O[Si](C)(C)C(C)(C)C)c(OC)c1C. The zero-order valence-electron chi connectivity index (χ0n) is 26.6. The Hall–Kier alpha value is -3.98. The monoisotopic (exact) mass is 605 g/mol. The van der Waals surface area contributed by atoms with Crippen LogP contribution in [0, 0.1) is 6.92 Å². The second-order valence-electron chi connectivity index (χ2n) is 12.6. The number of likely N-dealkylation sites (N-methyl/N-ethyl adjacent to an activating group) is 1.